The molecule has 2 aromatic carbocycles. The zero-order valence-electron chi connectivity index (χ0n) is 17.8. The summed E-state index contributed by atoms with van der Waals surface area (Å²) in [4.78, 5) is 12.2. The highest BCUT2D eigenvalue weighted by atomic mass is 16.5. The minimum Gasteiger partial charge on any atom is -0.495 e. The van der Waals surface area contributed by atoms with Crippen LogP contribution >= 0.6 is 0 Å². The molecule has 0 saturated carbocycles. The first-order chi connectivity index (χ1) is 14.9. The van der Waals surface area contributed by atoms with Crippen LogP contribution in [0, 0.1) is 11.3 Å². The van der Waals surface area contributed by atoms with E-state index in [1.165, 1.54) is 34.5 Å². The highest BCUT2D eigenvalue weighted by Crippen LogP contribution is 2.41. The number of benzene rings is 2. The number of nitrogens with two attached hydrogens (primary N) is 1. The van der Waals surface area contributed by atoms with Gasteiger partial charge in [-0.2, -0.15) is 5.26 Å². The predicted molar refractivity (Wildman–Crippen MR) is 122 cm³/mol. The van der Waals surface area contributed by atoms with E-state index in [2.05, 4.69) is 5.32 Å². The van der Waals surface area contributed by atoms with Crippen LogP contribution in [0.2, 0.25) is 0 Å². The Balaban J connectivity index is 0.00000512. The van der Waals surface area contributed by atoms with Gasteiger partial charge in [-0.1, -0.05) is 13.5 Å². The smallest absolute Gasteiger partial charge is 0.243 e. The van der Waals surface area contributed by atoms with Crippen molar-refractivity contribution in [2.24, 2.45) is 5.73 Å². The highest BCUT2D eigenvalue weighted by Gasteiger charge is 2.19. The molecule has 0 fully saturated rings. The van der Waals surface area contributed by atoms with Gasteiger partial charge < -0.3 is 35.1 Å². The third-order valence-corrected chi connectivity index (χ3v) is 4.49. The van der Waals surface area contributed by atoms with Crippen LogP contribution in [0.15, 0.2) is 36.4 Å². The fraction of sp³-hybridized carbons (Fsp3) is 0.304. The Hall–Kier alpha value is -3.74. The molecule has 9 heteroatoms. The number of allylic oxidation sites excluding steroid dienone is 1. The van der Waals surface area contributed by atoms with Crippen molar-refractivity contribution in [2.45, 2.75) is 13.5 Å². The number of carbonyl (C=O) groups excluding carboxylic acids is 1. The third-order valence-electron chi connectivity index (χ3n) is 4.49. The van der Waals surface area contributed by atoms with E-state index in [0.717, 1.165) is 0 Å². The van der Waals surface area contributed by atoms with E-state index in [4.69, 9.17) is 29.8 Å². The average Bonchev–Trinajstić information content (AvgIpc) is 2.80. The molecule has 4 N–H and O–H groups in total. The summed E-state index contributed by atoms with van der Waals surface area (Å²) in [5.74, 6) is 1.10. The van der Waals surface area contributed by atoms with Gasteiger partial charge in [0, 0.05) is 6.08 Å². The molecule has 172 valence electrons. The predicted octanol–water partition coefficient (Wildman–Crippen LogP) is 2.57. The Bertz CT molecular complexity index is 988. The van der Waals surface area contributed by atoms with Crippen molar-refractivity contribution in [3.8, 4) is 29.1 Å². The summed E-state index contributed by atoms with van der Waals surface area (Å²) in [5.41, 5.74) is 7.72. The number of nitrogens with one attached hydrogen (secondary N) is 1. The number of hydrogen-bond donors (Lipinski definition) is 3. The van der Waals surface area contributed by atoms with Crippen LogP contribution in [0.4, 0.5) is 5.69 Å². The topological polar surface area (TPSA) is 136 Å². The van der Waals surface area contributed by atoms with E-state index in [1.807, 2.05) is 6.07 Å². The Morgan fingerprint density at radius 3 is 2.12 bits per heavy atom. The minimum absolute atomic E-state index is 0. The lowest BCUT2D eigenvalue weighted by molar-refractivity contribution is -0.118. The lowest BCUT2D eigenvalue weighted by atomic mass is 9.96. The van der Waals surface area contributed by atoms with Gasteiger partial charge in [-0.25, -0.2) is 0 Å². The normalized spacial score (nSPS) is 11.5. The Morgan fingerprint density at radius 2 is 1.66 bits per heavy atom. The monoisotopic (exact) mass is 443 g/mol. The van der Waals surface area contributed by atoms with E-state index in [1.54, 1.807) is 30.3 Å². The number of anilines is 1. The summed E-state index contributed by atoms with van der Waals surface area (Å²) >= 11 is 0. The first-order valence-corrected chi connectivity index (χ1v) is 9.19. The number of aliphatic hydroxyl groups is 1. The van der Waals surface area contributed by atoms with E-state index in [-0.39, 0.29) is 7.43 Å². The first-order valence-electron chi connectivity index (χ1n) is 9.19. The van der Waals surface area contributed by atoms with E-state index in [9.17, 15) is 10.1 Å². The maximum absolute atomic E-state index is 12.2. The molecule has 0 spiro atoms. The van der Waals surface area contributed by atoms with Gasteiger partial charge >= 0.3 is 0 Å². The molecule has 1 amide bonds. The number of carbonyl (C=O) groups is 1. The van der Waals surface area contributed by atoms with Crippen molar-refractivity contribution in [3.05, 3.63) is 47.5 Å². The number of methoxy groups -OCH3 is 4. The van der Waals surface area contributed by atoms with Crippen LogP contribution in [-0.4, -0.2) is 52.1 Å². The van der Waals surface area contributed by atoms with Gasteiger partial charge in [0.15, 0.2) is 11.5 Å². The fourth-order valence-corrected chi connectivity index (χ4v) is 2.92. The molecule has 0 saturated heterocycles. The van der Waals surface area contributed by atoms with Gasteiger partial charge in [0.1, 0.15) is 11.8 Å². The van der Waals surface area contributed by atoms with Gasteiger partial charge in [0.05, 0.1) is 46.8 Å². The van der Waals surface area contributed by atoms with Gasteiger partial charge in [-0.15, -0.1) is 0 Å². The van der Waals surface area contributed by atoms with Crippen LogP contribution in [0.25, 0.3) is 5.57 Å². The van der Waals surface area contributed by atoms with E-state index < -0.39 is 18.6 Å². The van der Waals surface area contributed by atoms with Gasteiger partial charge in [-0.3, -0.25) is 4.79 Å². The van der Waals surface area contributed by atoms with Crippen LogP contribution < -0.4 is 30.0 Å². The van der Waals surface area contributed by atoms with Crippen molar-refractivity contribution < 1.29 is 28.8 Å². The molecular formula is C23H29N3O6. The highest BCUT2D eigenvalue weighted by molar-refractivity contribution is 5.97. The third kappa shape index (κ3) is 5.69. The molecule has 0 radical (unpaired) electrons. The van der Waals surface area contributed by atoms with Crippen LogP contribution in [0.5, 0.6) is 23.0 Å². The summed E-state index contributed by atoms with van der Waals surface area (Å²) < 4.78 is 21.5. The van der Waals surface area contributed by atoms with Gasteiger partial charge in [0.2, 0.25) is 11.7 Å². The van der Waals surface area contributed by atoms with Crippen LogP contribution in [0.3, 0.4) is 0 Å². The molecule has 0 bridgehead atoms. The number of nitrogens with zero attached hydrogens (tertiary/aromatic N) is 1. The summed E-state index contributed by atoms with van der Waals surface area (Å²) in [7, 11) is 5.96. The largest absolute Gasteiger partial charge is 0.495 e. The van der Waals surface area contributed by atoms with Gasteiger partial charge in [0.25, 0.3) is 0 Å². The molecule has 0 aliphatic heterocycles. The second-order valence-corrected chi connectivity index (χ2v) is 6.29. The SMILES string of the molecule is C.COc1ccc(C(=CC#N)c2cc(OC)c(OC)c(OC)c2)cc1NC(=O)C(N)CO. The molecule has 2 aromatic rings. The molecule has 32 heavy (non-hydrogen) atoms. The first kappa shape index (κ1) is 26.3. The lowest BCUT2D eigenvalue weighted by Crippen LogP contribution is -2.38. The molecule has 1 unspecified atom stereocenters. The maximum Gasteiger partial charge on any atom is 0.243 e. The van der Waals surface area contributed by atoms with E-state index >= 15 is 0 Å². The summed E-state index contributed by atoms with van der Waals surface area (Å²) in [6.45, 7) is -0.501. The van der Waals surface area contributed by atoms with Crippen molar-refractivity contribution in [1.29, 1.82) is 5.26 Å². The minimum atomic E-state index is -1.09. The Labute approximate surface area is 188 Å². The molecule has 1 atom stereocenters. The Kier molecular flexibility index (Phi) is 10.0. The van der Waals surface area contributed by atoms with Crippen molar-refractivity contribution in [2.75, 3.05) is 40.4 Å². The van der Waals surface area contributed by atoms with Crippen LogP contribution in [-0.2, 0) is 4.79 Å². The Morgan fingerprint density at radius 1 is 1.06 bits per heavy atom. The summed E-state index contributed by atoms with van der Waals surface area (Å²) in [5, 5.41) is 21.1. The molecule has 0 heterocycles. The molecular weight excluding hydrogens is 414 g/mol. The van der Waals surface area contributed by atoms with Crippen molar-refractivity contribution in [3.63, 3.8) is 0 Å². The number of nitriles is 1. The summed E-state index contributed by atoms with van der Waals surface area (Å²) in [6.07, 6.45) is 1.37. The van der Waals surface area contributed by atoms with Crippen molar-refractivity contribution in [1.82, 2.24) is 0 Å². The summed E-state index contributed by atoms with van der Waals surface area (Å²) in [6, 6.07) is 9.43. The second-order valence-electron chi connectivity index (χ2n) is 6.29. The zero-order chi connectivity index (χ0) is 23.0. The van der Waals surface area contributed by atoms with Crippen molar-refractivity contribution >= 4 is 17.2 Å². The standard InChI is InChI=1S/C22H25N3O6.CH4/c1-28-18-6-5-13(9-17(18)25-22(27)16(24)12-26)15(7-8-23)14-10-19(29-2)21(31-4)20(11-14)30-3;/h5-7,9-11,16,26H,12,24H2,1-4H3,(H,25,27);1H4. The molecule has 0 aliphatic carbocycles. The van der Waals surface area contributed by atoms with E-state index in [0.29, 0.717) is 45.4 Å². The number of ether oxygens (including phenoxy) is 4. The number of amides is 1. The fourth-order valence-electron chi connectivity index (χ4n) is 2.92. The lowest BCUT2D eigenvalue weighted by Gasteiger charge is -2.17. The number of aliphatic hydroxyl groups excluding tert-OH is 1. The van der Waals surface area contributed by atoms with Gasteiger partial charge in [-0.05, 0) is 41.0 Å². The number of rotatable bonds is 9. The maximum atomic E-state index is 12.2. The number of hydrogen-bond acceptors (Lipinski definition) is 8. The second kappa shape index (κ2) is 12.2. The quantitative estimate of drug-likeness (QED) is 0.503. The van der Waals surface area contributed by atoms with Crippen LogP contribution in [0.1, 0.15) is 18.6 Å². The average molecular weight is 444 g/mol. The molecule has 0 aliphatic rings. The molecule has 2 rings (SSSR count). The molecule has 0 aromatic heterocycles. The molecule has 9 nitrogen and oxygen atoms in total. The zero-order valence-corrected chi connectivity index (χ0v) is 17.8.